The lowest BCUT2D eigenvalue weighted by molar-refractivity contribution is 0.142. The molecule has 0 aliphatic carbocycles. The van der Waals surface area contributed by atoms with E-state index in [-0.39, 0.29) is 4.90 Å². The number of halogens is 1. The third kappa shape index (κ3) is 3.44. The molecule has 4 nitrogen and oxygen atoms in total. The first-order valence-corrected chi connectivity index (χ1v) is 8.80. The van der Waals surface area contributed by atoms with Crippen LogP contribution in [0.2, 0.25) is 0 Å². The normalized spacial score (nSPS) is 19.6. The van der Waals surface area contributed by atoms with Gasteiger partial charge >= 0.3 is 0 Å². The molecule has 0 N–H and O–H groups in total. The van der Waals surface area contributed by atoms with Crippen molar-refractivity contribution in [3.05, 3.63) is 29.6 Å². The molecule has 21 heavy (non-hydrogen) atoms. The van der Waals surface area contributed by atoms with Gasteiger partial charge in [0.1, 0.15) is 5.82 Å². The summed E-state index contributed by atoms with van der Waals surface area (Å²) in [7, 11) is -3.53. The molecule has 0 spiro atoms. The molecule has 1 fully saturated rings. The molecule has 0 aromatic heterocycles. The summed E-state index contributed by atoms with van der Waals surface area (Å²) in [5.41, 5.74) is 0.458. The number of benzene rings is 1. The van der Waals surface area contributed by atoms with Crippen LogP contribution in [-0.4, -0.2) is 49.8 Å². The fraction of sp³-hybridized carbons (Fsp3) is 0.600. The second-order valence-electron chi connectivity index (χ2n) is 5.61. The molecular weight excluding hydrogens is 291 g/mol. The summed E-state index contributed by atoms with van der Waals surface area (Å²) < 4.78 is 39.9. The quantitative estimate of drug-likeness (QED) is 0.856. The van der Waals surface area contributed by atoms with Crippen molar-refractivity contribution in [3.8, 4) is 0 Å². The number of nitrogens with zero attached hydrogens (tertiary/aromatic N) is 2. The highest BCUT2D eigenvalue weighted by Crippen LogP contribution is 2.22. The number of aryl methyl sites for hydroxylation is 1. The average Bonchev–Trinajstić information content (AvgIpc) is 2.46. The van der Waals surface area contributed by atoms with Crippen LogP contribution >= 0.6 is 0 Å². The number of rotatable bonds is 4. The third-order valence-corrected chi connectivity index (χ3v) is 6.30. The Morgan fingerprint density at radius 1 is 1.24 bits per heavy atom. The molecule has 1 saturated heterocycles. The van der Waals surface area contributed by atoms with Crippen molar-refractivity contribution in [2.24, 2.45) is 0 Å². The van der Waals surface area contributed by atoms with Gasteiger partial charge in [-0.05, 0) is 44.0 Å². The predicted molar refractivity (Wildman–Crippen MR) is 81.2 cm³/mol. The van der Waals surface area contributed by atoms with Gasteiger partial charge < -0.3 is 0 Å². The smallest absolute Gasteiger partial charge is 0.243 e. The van der Waals surface area contributed by atoms with Crippen LogP contribution in [-0.2, 0) is 10.0 Å². The first-order valence-electron chi connectivity index (χ1n) is 7.36. The van der Waals surface area contributed by atoms with E-state index < -0.39 is 15.8 Å². The van der Waals surface area contributed by atoms with Crippen LogP contribution in [0.5, 0.6) is 0 Å². The van der Waals surface area contributed by atoms with Crippen molar-refractivity contribution in [2.45, 2.75) is 38.1 Å². The Balaban J connectivity index is 2.15. The highest BCUT2D eigenvalue weighted by molar-refractivity contribution is 7.89. The van der Waals surface area contributed by atoms with Gasteiger partial charge in [-0.3, -0.25) is 4.90 Å². The number of hydrogen-bond acceptors (Lipinski definition) is 3. The monoisotopic (exact) mass is 314 g/mol. The second-order valence-corrected chi connectivity index (χ2v) is 7.51. The van der Waals surface area contributed by atoms with Gasteiger partial charge in [-0.1, -0.05) is 6.92 Å². The number of hydrogen-bond donors (Lipinski definition) is 0. The largest absolute Gasteiger partial charge is 0.298 e. The minimum absolute atomic E-state index is 0.209. The molecule has 118 valence electrons. The van der Waals surface area contributed by atoms with Gasteiger partial charge in [0.15, 0.2) is 0 Å². The van der Waals surface area contributed by atoms with E-state index in [1.165, 1.54) is 22.5 Å². The third-order valence-electron chi connectivity index (χ3n) is 4.24. The van der Waals surface area contributed by atoms with Gasteiger partial charge in [0.25, 0.3) is 0 Å². The van der Waals surface area contributed by atoms with Gasteiger partial charge in [0, 0.05) is 32.2 Å². The van der Waals surface area contributed by atoms with Crippen molar-refractivity contribution in [1.82, 2.24) is 9.21 Å². The zero-order chi connectivity index (χ0) is 15.6. The van der Waals surface area contributed by atoms with Gasteiger partial charge in [-0.25, -0.2) is 12.8 Å². The Labute approximate surface area is 126 Å². The Morgan fingerprint density at radius 2 is 1.86 bits per heavy atom. The van der Waals surface area contributed by atoms with E-state index in [9.17, 15) is 12.8 Å². The molecular formula is C15H23FN2O2S. The van der Waals surface area contributed by atoms with Gasteiger partial charge in [0.05, 0.1) is 4.90 Å². The lowest BCUT2D eigenvalue weighted by Gasteiger charge is -2.37. The molecule has 0 radical (unpaired) electrons. The standard InChI is InChI=1S/C15H23FN2O2S/c1-4-13(3)17-7-9-18(10-8-17)21(19,20)15-6-5-14(16)11-12(15)2/h5-6,11,13H,4,7-10H2,1-3H3. The summed E-state index contributed by atoms with van der Waals surface area (Å²) in [4.78, 5) is 2.52. The zero-order valence-corrected chi connectivity index (χ0v) is 13.7. The molecule has 1 aromatic rings. The topological polar surface area (TPSA) is 40.6 Å². The second kappa shape index (κ2) is 6.42. The van der Waals surface area contributed by atoms with E-state index in [1.807, 2.05) is 0 Å². The van der Waals surface area contributed by atoms with E-state index in [2.05, 4.69) is 18.7 Å². The minimum Gasteiger partial charge on any atom is -0.298 e. The van der Waals surface area contributed by atoms with E-state index in [1.54, 1.807) is 6.92 Å². The van der Waals surface area contributed by atoms with Crippen LogP contribution < -0.4 is 0 Å². The van der Waals surface area contributed by atoms with Crippen molar-refractivity contribution in [2.75, 3.05) is 26.2 Å². The molecule has 0 amide bonds. The molecule has 1 atom stereocenters. The Morgan fingerprint density at radius 3 is 2.38 bits per heavy atom. The minimum atomic E-state index is -3.53. The summed E-state index contributed by atoms with van der Waals surface area (Å²) in [5, 5.41) is 0. The molecule has 1 aliphatic heterocycles. The maximum absolute atomic E-state index is 13.1. The van der Waals surface area contributed by atoms with Crippen molar-refractivity contribution < 1.29 is 12.8 Å². The predicted octanol–water partition coefficient (Wildman–Crippen LogP) is 2.24. The summed E-state index contributed by atoms with van der Waals surface area (Å²) in [6, 6.07) is 4.31. The number of sulfonamides is 1. The van der Waals surface area contributed by atoms with Crippen LogP contribution in [0.4, 0.5) is 4.39 Å². The van der Waals surface area contributed by atoms with E-state index in [4.69, 9.17) is 0 Å². The average molecular weight is 314 g/mol. The summed E-state index contributed by atoms with van der Waals surface area (Å²) >= 11 is 0. The SMILES string of the molecule is CCC(C)N1CCN(S(=O)(=O)c2ccc(F)cc2C)CC1. The fourth-order valence-electron chi connectivity index (χ4n) is 2.68. The first kappa shape index (κ1) is 16.4. The zero-order valence-electron chi connectivity index (χ0n) is 12.8. The van der Waals surface area contributed by atoms with Crippen LogP contribution in [0, 0.1) is 12.7 Å². The number of piperazine rings is 1. The van der Waals surface area contributed by atoms with Gasteiger partial charge in [-0.2, -0.15) is 4.31 Å². The van der Waals surface area contributed by atoms with Crippen LogP contribution in [0.25, 0.3) is 0 Å². The Kier molecular flexibility index (Phi) is 5.01. The summed E-state index contributed by atoms with van der Waals surface area (Å²) in [5.74, 6) is -0.409. The van der Waals surface area contributed by atoms with Gasteiger partial charge in [-0.15, -0.1) is 0 Å². The molecule has 1 heterocycles. The van der Waals surface area contributed by atoms with E-state index in [0.717, 1.165) is 19.5 Å². The van der Waals surface area contributed by atoms with E-state index >= 15 is 0 Å². The van der Waals surface area contributed by atoms with Crippen molar-refractivity contribution in [1.29, 1.82) is 0 Å². The highest BCUT2D eigenvalue weighted by Gasteiger charge is 2.30. The molecule has 0 bridgehead atoms. The van der Waals surface area contributed by atoms with Crippen molar-refractivity contribution >= 4 is 10.0 Å². The lowest BCUT2D eigenvalue weighted by Crippen LogP contribution is -2.51. The van der Waals surface area contributed by atoms with Crippen LogP contribution in [0.1, 0.15) is 25.8 Å². The Hall–Kier alpha value is -0.980. The fourth-order valence-corrected chi connectivity index (χ4v) is 4.31. The molecule has 1 unspecified atom stereocenters. The first-order chi connectivity index (χ1) is 9.86. The summed E-state index contributed by atoms with van der Waals surface area (Å²) in [6.45, 7) is 8.39. The maximum atomic E-state index is 13.1. The molecule has 6 heteroatoms. The molecule has 2 rings (SSSR count). The Bertz CT molecular complexity index is 596. The van der Waals surface area contributed by atoms with Crippen molar-refractivity contribution in [3.63, 3.8) is 0 Å². The van der Waals surface area contributed by atoms with Crippen LogP contribution in [0.3, 0.4) is 0 Å². The van der Waals surface area contributed by atoms with Crippen LogP contribution in [0.15, 0.2) is 23.1 Å². The maximum Gasteiger partial charge on any atom is 0.243 e. The highest BCUT2D eigenvalue weighted by atomic mass is 32.2. The van der Waals surface area contributed by atoms with Gasteiger partial charge in [0.2, 0.25) is 10.0 Å². The summed E-state index contributed by atoms with van der Waals surface area (Å²) in [6.07, 6.45) is 1.06. The molecule has 1 aliphatic rings. The molecule has 0 saturated carbocycles. The van der Waals surface area contributed by atoms with E-state index in [0.29, 0.717) is 24.7 Å². The molecule has 1 aromatic carbocycles. The lowest BCUT2D eigenvalue weighted by atomic mass is 10.2.